The molecule has 1 spiro atoms. The molecule has 2 heterocycles. The van der Waals surface area contributed by atoms with Crippen LogP contribution in [0.2, 0.25) is 0 Å². The van der Waals surface area contributed by atoms with Gasteiger partial charge < -0.3 is 9.47 Å². The molecule has 7 nitrogen and oxygen atoms in total. The Labute approximate surface area is 190 Å². The minimum absolute atomic E-state index is 0.00741. The number of ether oxygens (including phenoxy) is 2. The molecule has 2 aliphatic carbocycles. The molecular weight excluding hydrogens is 404 g/mol. The van der Waals surface area contributed by atoms with E-state index in [0.717, 1.165) is 50.3 Å². The number of anilines is 1. The normalized spacial score (nSPS) is 24.0. The van der Waals surface area contributed by atoms with Gasteiger partial charge in [0.1, 0.15) is 0 Å². The van der Waals surface area contributed by atoms with E-state index >= 15 is 0 Å². The number of rotatable bonds is 4. The monoisotopic (exact) mass is 438 g/mol. The van der Waals surface area contributed by atoms with Gasteiger partial charge in [-0.3, -0.25) is 9.69 Å². The smallest absolute Gasteiger partial charge is 0.261 e. The number of fused-ring (bicyclic) bond motifs is 4. The van der Waals surface area contributed by atoms with Crippen molar-refractivity contribution < 1.29 is 14.3 Å². The number of hydrogen-bond donors (Lipinski definition) is 0. The zero-order valence-electron chi connectivity index (χ0n) is 19.5. The standard InChI is InChI=1S/C25H34N4O3/c1-4-22-26-24-28(23(30)17-12-13-20(31-2)21(16-17)32-3)19-11-7-6-10-18(19)25(29(24)27-22)14-8-5-9-15-25/h12-13,16,18-19H,4-11,14-15H2,1-3H3. The molecule has 7 heteroatoms. The van der Waals surface area contributed by atoms with Crippen LogP contribution in [-0.4, -0.2) is 40.9 Å². The lowest BCUT2D eigenvalue weighted by atomic mass is 9.64. The Morgan fingerprint density at radius 1 is 1.06 bits per heavy atom. The van der Waals surface area contributed by atoms with Gasteiger partial charge in [-0.2, -0.15) is 10.1 Å². The third kappa shape index (κ3) is 3.20. The van der Waals surface area contributed by atoms with Gasteiger partial charge in [-0.25, -0.2) is 4.68 Å². The molecule has 1 aliphatic heterocycles. The number of methoxy groups -OCH3 is 2. The summed E-state index contributed by atoms with van der Waals surface area (Å²) in [5.41, 5.74) is 0.604. The third-order valence-corrected chi connectivity index (χ3v) is 7.91. The van der Waals surface area contributed by atoms with Crippen LogP contribution in [-0.2, 0) is 12.0 Å². The zero-order valence-corrected chi connectivity index (χ0v) is 19.5. The highest BCUT2D eigenvalue weighted by Gasteiger charge is 2.55. The van der Waals surface area contributed by atoms with Crippen LogP contribution in [0, 0.1) is 5.92 Å². The van der Waals surface area contributed by atoms with Crippen molar-refractivity contribution in [2.75, 3.05) is 19.1 Å². The Balaban J connectivity index is 1.63. The molecule has 0 bridgehead atoms. The fourth-order valence-corrected chi connectivity index (χ4v) is 6.40. The van der Waals surface area contributed by atoms with Crippen LogP contribution in [0.3, 0.4) is 0 Å². The van der Waals surface area contributed by atoms with Crippen LogP contribution >= 0.6 is 0 Å². The third-order valence-electron chi connectivity index (χ3n) is 7.91. The molecule has 172 valence electrons. The number of nitrogens with zero attached hydrogens (tertiary/aromatic N) is 4. The van der Waals surface area contributed by atoms with Crippen LogP contribution in [0.1, 0.15) is 80.9 Å². The number of hydrogen-bond acceptors (Lipinski definition) is 5. The summed E-state index contributed by atoms with van der Waals surface area (Å²) in [6, 6.07) is 5.59. The summed E-state index contributed by atoms with van der Waals surface area (Å²) >= 11 is 0. The Hall–Kier alpha value is -2.57. The Morgan fingerprint density at radius 3 is 2.53 bits per heavy atom. The largest absolute Gasteiger partial charge is 0.493 e. The minimum atomic E-state index is -0.0233. The fraction of sp³-hybridized carbons (Fsp3) is 0.640. The van der Waals surface area contributed by atoms with E-state index in [4.69, 9.17) is 19.6 Å². The highest BCUT2D eigenvalue weighted by Crippen LogP contribution is 2.53. The summed E-state index contributed by atoms with van der Waals surface area (Å²) in [5.74, 6) is 3.16. The van der Waals surface area contributed by atoms with E-state index in [1.807, 2.05) is 11.0 Å². The number of carbonyl (C=O) groups excluding carboxylic acids is 1. The van der Waals surface area contributed by atoms with Gasteiger partial charge in [0.05, 0.1) is 19.8 Å². The van der Waals surface area contributed by atoms with Crippen molar-refractivity contribution in [2.45, 2.75) is 82.7 Å². The van der Waals surface area contributed by atoms with E-state index in [2.05, 4.69) is 11.6 Å². The van der Waals surface area contributed by atoms with Crippen LogP contribution in [0.15, 0.2) is 18.2 Å². The van der Waals surface area contributed by atoms with Gasteiger partial charge in [0, 0.05) is 23.9 Å². The molecule has 2 aromatic rings. The average Bonchev–Trinajstić information content (AvgIpc) is 3.29. The molecule has 0 radical (unpaired) electrons. The molecule has 2 atom stereocenters. The topological polar surface area (TPSA) is 69.5 Å². The average molecular weight is 439 g/mol. The summed E-state index contributed by atoms with van der Waals surface area (Å²) in [5, 5.41) is 4.99. The molecule has 5 rings (SSSR count). The number of carbonyl (C=O) groups is 1. The predicted octanol–water partition coefficient (Wildman–Crippen LogP) is 4.74. The number of benzene rings is 1. The van der Waals surface area contributed by atoms with Crippen molar-refractivity contribution in [1.29, 1.82) is 0 Å². The molecule has 1 aromatic heterocycles. The van der Waals surface area contributed by atoms with Crippen LogP contribution in [0.4, 0.5) is 5.95 Å². The van der Waals surface area contributed by atoms with Gasteiger partial charge in [0.15, 0.2) is 17.3 Å². The second-order valence-electron chi connectivity index (χ2n) is 9.46. The summed E-state index contributed by atoms with van der Waals surface area (Å²) < 4.78 is 13.0. The van der Waals surface area contributed by atoms with E-state index < -0.39 is 0 Å². The van der Waals surface area contributed by atoms with Crippen LogP contribution in [0.5, 0.6) is 11.5 Å². The van der Waals surface area contributed by atoms with E-state index in [1.54, 1.807) is 26.4 Å². The molecule has 1 amide bonds. The lowest BCUT2D eigenvalue weighted by molar-refractivity contribution is 0.0311. The number of aryl methyl sites for hydroxylation is 1. The molecule has 0 saturated heterocycles. The summed E-state index contributed by atoms with van der Waals surface area (Å²) in [4.78, 5) is 20.9. The first-order valence-electron chi connectivity index (χ1n) is 12.1. The highest BCUT2D eigenvalue weighted by molar-refractivity contribution is 6.06. The van der Waals surface area contributed by atoms with Crippen molar-refractivity contribution in [1.82, 2.24) is 14.8 Å². The van der Waals surface area contributed by atoms with E-state index in [1.165, 1.54) is 25.7 Å². The van der Waals surface area contributed by atoms with Crippen molar-refractivity contribution >= 4 is 11.9 Å². The second kappa shape index (κ2) is 8.41. The number of amides is 1. The van der Waals surface area contributed by atoms with E-state index in [9.17, 15) is 4.79 Å². The number of aromatic nitrogens is 3. The zero-order chi connectivity index (χ0) is 22.3. The minimum Gasteiger partial charge on any atom is -0.493 e. The Bertz CT molecular complexity index is 995. The molecular formula is C25H34N4O3. The molecule has 2 fully saturated rings. The highest BCUT2D eigenvalue weighted by atomic mass is 16.5. The Morgan fingerprint density at radius 2 is 1.81 bits per heavy atom. The molecule has 2 unspecified atom stereocenters. The van der Waals surface area contributed by atoms with Gasteiger partial charge in [-0.1, -0.05) is 39.0 Å². The fourth-order valence-electron chi connectivity index (χ4n) is 6.40. The first kappa shape index (κ1) is 21.3. The lowest BCUT2D eigenvalue weighted by Gasteiger charge is -2.55. The predicted molar refractivity (Wildman–Crippen MR) is 123 cm³/mol. The lowest BCUT2D eigenvalue weighted by Crippen LogP contribution is -2.61. The molecule has 0 N–H and O–H groups in total. The van der Waals surface area contributed by atoms with Crippen molar-refractivity contribution in [3.63, 3.8) is 0 Å². The first-order valence-corrected chi connectivity index (χ1v) is 12.1. The van der Waals surface area contributed by atoms with Crippen molar-refractivity contribution in [3.8, 4) is 11.5 Å². The van der Waals surface area contributed by atoms with Crippen LogP contribution < -0.4 is 14.4 Å². The summed E-state index contributed by atoms with van der Waals surface area (Å²) in [6.07, 6.45) is 11.4. The molecule has 2 saturated carbocycles. The maximum Gasteiger partial charge on any atom is 0.261 e. The van der Waals surface area contributed by atoms with Gasteiger partial charge >= 0.3 is 0 Å². The SMILES string of the molecule is CCc1nc2n(n1)C1(CCCCC1)C1CCCCC1N2C(=O)c1ccc(OC)c(OC)c1. The first-order chi connectivity index (χ1) is 15.6. The molecule has 32 heavy (non-hydrogen) atoms. The van der Waals surface area contributed by atoms with E-state index in [0.29, 0.717) is 23.0 Å². The Kier molecular flexibility index (Phi) is 5.59. The quantitative estimate of drug-likeness (QED) is 0.690. The maximum absolute atomic E-state index is 14.0. The van der Waals surface area contributed by atoms with Gasteiger partial charge in [-0.05, 0) is 43.9 Å². The maximum atomic E-state index is 14.0. The molecule has 1 aromatic carbocycles. The molecule has 3 aliphatic rings. The van der Waals surface area contributed by atoms with Gasteiger partial charge in [-0.15, -0.1) is 0 Å². The van der Waals surface area contributed by atoms with Crippen LogP contribution in [0.25, 0.3) is 0 Å². The summed E-state index contributed by atoms with van der Waals surface area (Å²) in [7, 11) is 3.20. The van der Waals surface area contributed by atoms with Crippen molar-refractivity contribution in [3.05, 3.63) is 29.6 Å². The van der Waals surface area contributed by atoms with Gasteiger partial charge in [0.2, 0.25) is 5.95 Å². The summed E-state index contributed by atoms with van der Waals surface area (Å²) in [6.45, 7) is 2.09. The van der Waals surface area contributed by atoms with E-state index in [-0.39, 0.29) is 17.5 Å². The van der Waals surface area contributed by atoms with Gasteiger partial charge in [0.25, 0.3) is 5.91 Å². The second-order valence-corrected chi connectivity index (χ2v) is 9.46. The van der Waals surface area contributed by atoms with Crippen molar-refractivity contribution in [2.24, 2.45) is 5.92 Å².